The van der Waals surface area contributed by atoms with Crippen LogP contribution in [-0.2, 0) is 8.96 Å². The van der Waals surface area contributed by atoms with Gasteiger partial charge in [0, 0.05) is 5.41 Å². The lowest BCUT2D eigenvalue weighted by molar-refractivity contribution is 0.0907. The van der Waals surface area contributed by atoms with Gasteiger partial charge in [-0.1, -0.05) is 76.3 Å². The Morgan fingerprint density at radius 1 is 1.00 bits per heavy atom. The van der Waals surface area contributed by atoms with Crippen LogP contribution in [0.1, 0.15) is 74.4 Å². The Balaban J connectivity index is 3.03. The van der Waals surface area contributed by atoms with Gasteiger partial charge in [-0.25, -0.2) is 4.68 Å². The summed E-state index contributed by atoms with van der Waals surface area (Å²) in [6.45, 7) is 20.5. The van der Waals surface area contributed by atoms with Crippen LogP contribution in [0, 0.1) is 10.8 Å². The molecule has 1 heterocycles. The molecular formula is C16H30IN3. The van der Waals surface area contributed by atoms with Crippen LogP contribution >= 0.6 is 22.6 Å². The summed E-state index contributed by atoms with van der Waals surface area (Å²) in [6.07, 6.45) is 3.19. The second-order valence-electron chi connectivity index (χ2n) is 8.65. The normalized spacial score (nSPS) is 14.7. The smallest absolute Gasteiger partial charge is 0.110 e. The van der Waals surface area contributed by atoms with Crippen LogP contribution in [-0.4, -0.2) is 15.0 Å². The van der Waals surface area contributed by atoms with Crippen molar-refractivity contribution >= 4 is 22.6 Å². The molecule has 1 rings (SSSR count). The first-order valence-electron chi connectivity index (χ1n) is 7.29. The quantitative estimate of drug-likeness (QED) is 0.525. The van der Waals surface area contributed by atoms with Gasteiger partial charge in [-0.2, -0.15) is 0 Å². The SMILES string of the molecule is CC(C)(CC(C)(C)C(C)(C)C)c1cn(C(C)(C)I)nn1. The molecule has 0 spiro atoms. The zero-order chi connectivity index (χ0) is 16.0. The van der Waals surface area contributed by atoms with Gasteiger partial charge in [0.15, 0.2) is 0 Å². The molecule has 0 aromatic carbocycles. The molecule has 1 aromatic rings. The highest BCUT2D eigenvalue weighted by molar-refractivity contribution is 14.1. The van der Waals surface area contributed by atoms with Crippen LogP contribution in [0.4, 0.5) is 0 Å². The molecule has 0 radical (unpaired) electrons. The van der Waals surface area contributed by atoms with Gasteiger partial charge in [0.25, 0.3) is 0 Å². The van der Waals surface area contributed by atoms with E-state index in [4.69, 9.17) is 0 Å². The zero-order valence-corrected chi connectivity index (χ0v) is 16.7. The van der Waals surface area contributed by atoms with Crippen LogP contribution in [0.2, 0.25) is 0 Å². The number of hydrogen-bond acceptors (Lipinski definition) is 2. The summed E-state index contributed by atoms with van der Waals surface area (Å²) >= 11 is 2.39. The molecule has 0 fully saturated rings. The van der Waals surface area contributed by atoms with E-state index in [1.165, 1.54) is 0 Å². The molecule has 0 atom stereocenters. The minimum absolute atomic E-state index is 0.0247. The van der Waals surface area contributed by atoms with E-state index < -0.39 is 0 Å². The summed E-state index contributed by atoms with van der Waals surface area (Å²) in [7, 11) is 0. The molecule has 0 amide bonds. The van der Waals surface area contributed by atoms with Crippen molar-refractivity contribution < 1.29 is 0 Å². The summed E-state index contributed by atoms with van der Waals surface area (Å²) < 4.78 is 1.91. The van der Waals surface area contributed by atoms with Gasteiger partial charge in [-0.3, -0.25) is 0 Å². The van der Waals surface area contributed by atoms with Crippen LogP contribution in [0.25, 0.3) is 0 Å². The molecule has 4 heteroatoms. The molecule has 0 bridgehead atoms. The minimum atomic E-state index is -0.0430. The van der Waals surface area contributed by atoms with Crippen LogP contribution in [0.5, 0.6) is 0 Å². The summed E-state index contributed by atoms with van der Waals surface area (Å²) in [5.41, 5.74) is 1.61. The van der Waals surface area contributed by atoms with Gasteiger partial charge < -0.3 is 0 Å². The van der Waals surface area contributed by atoms with Crippen LogP contribution in [0.15, 0.2) is 6.20 Å². The molecule has 0 aliphatic rings. The third-order valence-electron chi connectivity index (χ3n) is 4.65. The number of nitrogens with zero attached hydrogens (tertiary/aromatic N) is 3. The average molecular weight is 391 g/mol. The van der Waals surface area contributed by atoms with Crippen molar-refractivity contribution in [2.45, 2.75) is 77.7 Å². The Labute approximate surface area is 138 Å². The van der Waals surface area contributed by atoms with E-state index in [2.05, 4.69) is 101 Å². The van der Waals surface area contributed by atoms with Crippen molar-refractivity contribution in [3.05, 3.63) is 11.9 Å². The highest BCUT2D eigenvalue weighted by Crippen LogP contribution is 2.46. The van der Waals surface area contributed by atoms with E-state index in [9.17, 15) is 0 Å². The Morgan fingerprint density at radius 3 is 1.85 bits per heavy atom. The molecule has 0 aliphatic carbocycles. The summed E-state index contributed by atoms with van der Waals surface area (Å²) in [5.74, 6) is 0. The zero-order valence-electron chi connectivity index (χ0n) is 14.5. The Bertz CT molecular complexity index is 459. The third-order valence-corrected chi connectivity index (χ3v) is 5.14. The van der Waals surface area contributed by atoms with Crippen molar-refractivity contribution in [1.82, 2.24) is 15.0 Å². The van der Waals surface area contributed by atoms with Crippen molar-refractivity contribution in [3.8, 4) is 0 Å². The molecule has 0 saturated carbocycles. The molecule has 0 unspecified atom stereocenters. The number of alkyl halides is 1. The fourth-order valence-corrected chi connectivity index (χ4v) is 2.53. The maximum Gasteiger partial charge on any atom is 0.110 e. The first-order chi connectivity index (χ1) is 8.67. The summed E-state index contributed by atoms with van der Waals surface area (Å²) in [6, 6.07) is 0. The van der Waals surface area contributed by atoms with Crippen molar-refractivity contribution in [2.24, 2.45) is 10.8 Å². The van der Waals surface area contributed by atoms with Crippen LogP contribution in [0.3, 0.4) is 0 Å². The van der Waals surface area contributed by atoms with Gasteiger partial charge >= 0.3 is 0 Å². The molecule has 3 nitrogen and oxygen atoms in total. The van der Waals surface area contributed by atoms with E-state index in [0.29, 0.717) is 0 Å². The number of hydrogen-bond donors (Lipinski definition) is 0. The van der Waals surface area contributed by atoms with Crippen LogP contribution < -0.4 is 0 Å². The molecule has 0 N–H and O–H groups in total. The Kier molecular flexibility index (Phi) is 4.71. The minimum Gasteiger partial charge on any atom is -0.237 e. The van der Waals surface area contributed by atoms with Crippen molar-refractivity contribution in [2.75, 3.05) is 0 Å². The second-order valence-corrected chi connectivity index (χ2v) is 11.3. The first-order valence-corrected chi connectivity index (χ1v) is 8.37. The highest BCUT2D eigenvalue weighted by Gasteiger charge is 2.39. The number of aromatic nitrogens is 3. The lowest BCUT2D eigenvalue weighted by Crippen LogP contribution is -2.36. The van der Waals surface area contributed by atoms with E-state index in [1.807, 2.05) is 4.68 Å². The standard InChI is InChI=1S/C16H30IN3/c1-13(2,3)15(6,7)11-14(4,5)12-10-20(19-18-12)16(8,9)17/h10H,11H2,1-9H3. The van der Waals surface area contributed by atoms with Gasteiger partial charge in [0.1, 0.15) is 3.55 Å². The second kappa shape index (κ2) is 5.25. The fraction of sp³-hybridized carbons (Fsp3) is 0.875. The number of halogens is 1. The van der Waals surface area contributed by atoms with Gasteiger partial charge in [0.2, 0.25) is 0 Å². The number of rotatable bonds is 4. The largest absolute Gasteiger partial charge is 0.237 e. The summed E-state index contributed by atoms with van der Waals surface area (Å²) in [5, 5.41) is 8.73. The molecule has 0 saturated heterocycles. The topological polar surface area (TPSA) is 30.7 Å². The Morgan fingerprint density at radius 2 is 1.50 bits per heavy atom. The maximum absolute atomic E-state index is 4.43. The predicted molar refractivity (Wildman–Crippen MR) is 94.2 cm³/mol. The fourth-order valence-electron chi connectivity index (χ4n) is 2.29. The predicted octanol–water partition coefficient (Wildman–Crippen LogP) is 5.15. The molecule has 20 heavy (non-hydrogen) atoms. The van der Waals surface area contributed by atoms with E-state index in [-0.39, 0.29) is 19.8 Å². The lowest BCUT2D eigenvalue weighted by Gasteiger charge is -2.43. The molecule has 116 valence electrons. The summed E-state index contributed by atoms with van der Waals surface area (Å²) in [4.78, 5) is 0. The molecular weight excluding hydrogens is 361 g/mol. The third kappa shape index (κ3) is 3.95. The average Bonchev–Trinajstić information content (AvgIpc) is 2.61. The highest BCUT2D eigenvalue weighted by atomic mass is 127. The molecule has 0 aliphatic heterocycles. The molecule has 1 aromatic heterocycles. The monoisotopic (exact) mass is 391 g/mol. The van der Waals surface area contributed by atoms with E-state index >= 15 is 0 Å². The van der Waals surface area contributed by atoms with Crippen molar-refractivity contribution in [1.29, 1.82) is 0 Å². The van der Waals surface area contributed by atoms with Gasteiger partial charge in [0.05, 0.1) is 11.9 Å². The van der Waals surface area contributed by atoms with E-state index in [1.54, 1.807) is 0 Å². The first kappa shape index (κ1) is 17.9. The van der Waals surface area contributed by atoms with Gasteiger partial charge in [-0.15, -0.1) is 5.10 Å². The van der Waals surface area contributed by atoms with Gasteiger partial charge in [-0.05, 0) is 31.1 Å². The van der Waals surface area contributed by atoms with Crippen molar-refractivity contribution in [3.63, 3.8) is 0 Å². The Hall–Kier alpha value is -0.130. The lowest BCUT2D eigenvalue weighted by atomic mass is 9.61. The van der Waals surface area contributed by atoms with E-state index in [0.717, 1.165) is 12.1 Å². The maximum atomic E-state index is 4.43.